The minimum atomic E-state index is -1.11. The predicted molar refractivity (Wildman–Crippen MR) is 76.5 cm³/mol. The highest BCUT2D eigenvalue weighted by Gasteiger charge is 2.11. The average Bonchev–Trinajstić information content (AvgIpc) is 2.43. The van der Waals surface area contributed by atoms with E-state index in [4.69, 9.17) is 10.8 Å². The van der Waals surface area contributed by atoms with Gasteiger partial charge in [-0.3, -0.25) is 4.79 Å². The second-order valence-corrected chi connectivity index (χ2v) is 4.42. The number of anilines is 2. The van der Waals surface area contributed by atoms with Gasteiger partial charge in [-0.2, -0.15) is 0 Å². The molecule has 0 unspecified atom stereocenters. The van der Waals surface area contributed by atoms with Gasteiger partial charge in [0.2, 0.25) is 5.91 Å². The van der Waals surface area contributed by atoms with E-state index in [9.17, 15) is 14.0 Å². The number of aromatic carboxylic acids is 1. The normalized spacial score (nSPS) is 10.1. The van der Waals surface area contributed by atoms with Gasteiger partial charge in [-0.05, 0) is 29.8 Å². The van der Waals surface area contributed by atoms with Gasteiger partial charge in [-0.1, -0.05) is 18.2 Å². The molecule has 2 aromatic carbocycles. The molecule has 21 heavy (non-hydrogen) atoms. The van der Waals surface area contributed by atoms with Crippen LogP contribution in [0.5, 0.6) is 0 Å². The highest BCUT2D eigenvalue weighted by molar-refractivity contribution is 5.97. The lowest BCUT2D eigenvalue weighted by Gasteiger charge is -2.09. The summed E-state index contributed by atoms with van der Waals surface area (Å²) in [5.41, 5.74) is 6.41. The van der Waals surface area contributed by atoms with Gasteiger partial charge < -0.3 is 16.2 Å². The van der Waals surface area contributed by atoms with Crippen molar-refractivity contribution in [2.45, 2.75) is 6.42 Å². The summed E-state index contributed by atoms with van der Waals surface area (Å²) in [7, 11) is 0. The Hall–Kier alpha value is -2.89. The van der Waals surface area contributed by atoms with Crippen LogP contribution in [-0.2, 0) is 11.2 Å². The van der Waals surface area contributed by atoms with E-state index in [1.54, 1.807) is 12.1 Å². The monoisotopic (exact) mass is 288 g/mol. The van der Waals surface area contributed by atoms with E-state index in [1.165, 1.54) is 30.3 Å². The first-order valence-electron chi connectivity index (χ1n) is 6.13. The number of carbonyl (C=O) groups excluding carboxylic acids is 1. The van der Waals surface area contributed by atoms with Crippen LogP contribution >= 0.6 is 0 Å². The Balaban J connectivity index is 2.10. The lowest BCUT2D eigenvalue weighted by molar-refractivity contribution is -0.115. The fourth-order valence-electron chi connectivity index (χ4n) is 1.82. The summed E-state index contributed by atoms with van der Waals surface area (Å²) in [6.45, 7) is 0. The van der Waals surface area contributed by atoms with Crippen molar-refractivity contribution in [1.82, 2.24) is 0 Å². The predicted octanol–water partition coefficient (Wildman–Crippen LogP) is 2.29. The molecule has 5 nitrogen and oxygen atoms in total. The van der Waals surface area contributed by atoms with Crippen LogP contribution < -0.4 is 11.1 Å². The highest BCUT2D eigenvalue weighted by Crippen LogP contribution is 2.20. The number of amides is 1. The molecular weight excluding hydrogens is 275 g/mol. The van der Waals surface area contributed by atoms with Crippen LogP contribution in [0.4, 0.5) is 15.8 Å². The minimum Gasteiger partial charge on any atom is -0.478 e. The second kappa shape index (κ2) is 6.04. The van der Waals surface area contributed by atoms with Gasteiger partial charge in [0.15, 0.2) is 0 Å². The molecule has 0 bridgehead atoms. The molecule has 0 atom stereocenters. The van der Waals surface area contributed by atoms with Gasteiger partial charge >= 0.3 is 5.97 Å². The van der Waals surface area contributed by atoms with Crippen molar-refractivity contribution >= 4 is 23.3 Å². The number of hydrogen-bond donors (Lipinski definition) is 3. The fraction of sp³-hybridized carbons (Fsp3) is 0.0667. The maximum Gasteiger partial charge on any atom is 0.335 e. The number of carbonyl (C=O) groups is 2. The third-order valence-corrected chi connectivity index (χ3v) is 2.88. The molecule has 108 valence electrons. The van der Waals surface area contributed by atoms with Crippen molar-refractivity contribution in [2.24, 2.45) is 0 Å². The standard InChI is InChI=1S/C15H13FN2O3/c16-11-4-2-1-3-9(11)8-14(19)18-13-6-5-10(15(20)21)7-12(13)17/h1-7H,8,17H2,(H,18,19)(H,20,21). The number of carboxylic acid groups (broad SMARTS) is 1. The molecule has 0 saturated heterocycles. The molecular formula is C15H13FN2O3. The molecule has 1 amide bonds. The number of benzene rings is 2. The van der Waals surface area contributed by atoms with E-state index in [2.05, 4.69) is 5.32 Å². The molecule has 0 heterocycles. The summed E-state index contributed by atoms with van der Waals surface area (Å²) in [6.07, 6.45) is -0.132. The zero-order valence-electron chi connectivity index (χ0n) is 11.0. The average molecular weight is 288 g/mol. The number of nitrogens with two attached hydrogens (primary N) is 1. The highest BCUT2D eigenvalue weighted by atomic mass is 19.1. The van der Waals surface area contributed by atoms with E-state index >= 15 is 0 Å². The molecule has 0 aliphatic rings. The van der Waals surface area contributed by atoms with Crippen molar-refractivity contribution in [1.29, 1.82) is 0 Å². The van der Waals surface area contributed by atoms with Crippen molar-refractivity contribution in [3.8, 4) is 0 Å². The van der Waals surface area contributed by atoms with E-state index in [1.807, 2.05) is 0 Å². The summed E-state index contributed by atoms with van der Waals surface area (Å²) in [5.74, 6) is -2.00. The molecule has 4 N–H and O–H groups in total. The molecule has 2 rings (SSSR count). The summed E-state index contributed by atoms with van der Waals surface area (Å²) in [6, 6.07) is 9.96. The Labute approximate surface area is 120 Å². The van der Waals surface area contributed by atoms with Gasteiger partial charge in [0.1, 0.15) is 5.82 Å². The van der Waals surface area contributed by atoms with Crippen LogP contribution in [0, 0.1) is 5.82 Å². The Bertz CT molecular complexity index is 701. The zero-order valence-corrected chi connectivity index (χ0v) is 11.0. The van der Waals surface area contributed by atoms with Gasteiger partial charge in [-0.25, -0.2) is 9.18 Å². The first kappa shape index (κ1) is 14.5. The maximum absolute atomic E-state index is 13.4. The number of nitrogens with one attached hydrogen (secondary N) is 1. The number of halogens is 1. The number of carboxylic acids is 1. The molecule has 0 aromatic heterocycles. The third-order valence-electron chi connectivity index (χ3n) is 2.88. The van der Waals surface area contributed by atoms with Crippen molar-refractivity contribution < 1.29 is 19.1 Å². The van der Waals surface area contributed by atoms with Gasteiger partial charge in [0.05, 0.1) is 23.4 Å². The summed E-state index contributed by atoms with van der Waals surface area (Å²) < 4.78 is 13.4. The Morgan fingerprint density at radius 1 is 1.19 bits per heavy atom. The van der Waals surface area contributed by atoms with Gasteiger partial charge in [-0.15, -0.1) is 0 Å². The molecule has 0 saturated carbocycles. The number of rotatable bonds is 4. The smallest absolute Gasteiger partial charge is 0.335 e. The van der Waals surface area contributed by atoms with E-state index in [0.717, 1.165) is 0 Å². The van der Waals surface area contributed by atoms with Crippen LogP contribution in [0.15, 0.2) is 42.5 Å². The quantitative estimate of drug-likeness (QED) is 0.752. The lowest BCUT2D eigenvalue weighted by atomic mass is 10.1. The van der Waals surface area contributed by atoms with Crippen LogP contribution in [0.1, 0.15) is 15.9 Å². The molecule has 6 heteroatoms. The van der Waals surface area contributed by atoms with Gasteiger partial charge in [0, 0.05) is 0 Å². The number of nitrogen functional groups attached to an aromatic ring is 1. The Kier molecular flexibility index (Phi) is 4.18. The Morgan fingerprint density at radius 2 is 1.90 bits per heavy atom. The molecule has 0 aliphatic heterocycles. The fourth-order valence-corrected chi connectivity index (χ4v) is 1.82. The van der Waals surface area contributed by atoms with Crippen molar-refractivity contribution in [3.05, 3.63) is 59.4 Å². The molecule has 0 fully saturated rings. The van der Waals surface area contributed by atoms with Crippen LogP contribution in [0.25, 0.3) is 0 Å². The first-order chi connectivity index (χ1) is 9.97. The van der Waals surface area contributed by atoms with E-state index in [0.29, 0.717) is 5.69 Å². The van der Waals surface area contributed by atoms with Gasteiger partial charge in [0.25, 0.3) is 0 Å². The summed E-state index contributed by atoms with van der Waals surface area (Å²) in [4.78, 5) is 22.6. The van der Waals surface area contributed by atoms with E-state index in [-0.39, 0.29) is 23.2 Å². The summed E-state index contributed by atoms with van der Waals surface area (Å²) in [5, 5.41) is 11.4. The summed E-state index contributed by atoms with van der Waals surface area (Å²) >= 11 is 0. The van der Waals surface area contributed by atoms with Crippen molar-refractivity contribution in [2.75, 3.05) is 11.1 Å². The molecule has 2 aromatic rings. The minimum absolute atomic E-state index is 0.0274. The van der Waals surface area contributed by atoms with Crippen LogP contribution in [-0.4, -0.2) is 17.0 Å². The first-order valence-corrected chi connectivity index (χ1v) is 6.13. The van der Waals surface area contributed by atoms with Crippen LogP contribution in [0.3, 0.4) is 0 Å². The Morgan fingerprint density at radius 3 is 2.52 bits per heavy atom. The molecule has 0 radical (unpaired) electrons. The zero-order chi connectivity index (χ0) is 15.4. The third kappa shape index (κ3) is 3.56. The van der Waals surface area contributed by atoms with Crippen LogP contribution in [0.2, 0.25) is 0 Å². The molecule has 0 spiro atoms. The van der Waals surface area contributed by atoms with Crippen molar-refractivity contribution in [3.63, 3.8) is 0 Å². The second-order valence-electron chi connectivity index (χ2n) is 4.42. The SMILES string of the molecule is Nc1cc(C(=O)O)ccc1NC(=O)Cc1ccccc1F. The van der Waals surface area contributed by atoms with E-state index < -0.39 is 17.7 Å². The number of hydrogen-bond acceptors (Lipinski definition) is 3. The maximum atomic E-state index is 13.4. The lowest BCUT2D eigenvalue weighted by Crippen LogP contribution is -2.16. The largest absolute Gasteiger partial charge is 0.478 e. The topological polar surface area (TPSA) is 92.4 Å². The molecule has 0 aliphatic carbocycles.